The zero-order valence-electron chi connectivity index (χ0n) is 15.8. The van der Waals surface area contributed by atoms with Crippen LogP contribution in [0.4, 0.5) is 5.69 Å². The average Bonchev–Trinajstić information content (AvgIpc) is 2.69. The van der Waals surface area contributed by atoms with E-state index in [-0.39, 0.29) is 31.6 Å². The molecule has 2 rings (SSSR count). The molecule has 0 saturated heterocycles. The Kier molecular flexibility index (Phi) is 8.21. The Morgan fingerprint density at radius 1 is 0.964 bits per heavy atom. The second kappa shape index (κ2) is 11.1. The van der Waals surface area contributed by atoms with Crippen molar-refractivity contribution in [3.05, 3.63) is 48.5 Å². The molecule has 0 aromatic heterocycles. The number of nitrogens with one attached hydrogen (secondary N) is 2. The molecule has 146 valence electrons. The molecule has 0 atom stereocenters. The summed E-state index contributed by atoms with van der Waals surface area (Å²) in [6, 6.07) is 14.0. The zero-order valence-corrected chi connectivity index (χ0v) is 15.8. The number of carbonyl (C=O) groups excluding carboxylic acids is 2. The molecular formula is C21H22N2O5. The van der Waals surface area contributed by atoms with Gasteiger partial charge in [0.1, 0.15) is 23.9 Å². The van der Waals surface area contributed by atoms with E-state index >= 15 is 0 Å². The van der Waals surface area contributed by atoms with Gasteiger partial charge in [0.15, 0.2) is 6.61 Å². The van der Waals surface area contributed by atoms with Crippen molar-refractivity contribution in [3.63, 3.8) is 0 Å². The number of hydrogen-bond acceptors (Lipinski definition) is 5. The fourth-order valence-electron chi connectivity index (χ4n) is 2.13. The molecular weight excluding hydrogens is 360 g/mol. The Morgan fingerprint density at radius 3 is 2.43 bits per heavy atom. The van der Waals surface area contributed by atoms with Crippen molar-refractivity contribution < 1.29 is 23.8 Å². The summed E-state index contributed by atoms with van der Waals surface area (Å²) in [6.07, 6.45) is 0. The molecule has 7 heteroatoms. The predicted molar refractivity (Wildman–Crippen MR) is 106 cm³/mol. The zero-order chi connectivity index (χ0) is 20.2. The fraction of sp³-hybridized carbons (Fsp3) is 0.238. The van der Waals surface area contributed by atoms with Crippen molar-refractivity contribution in [3.8, 4) is 29.1 Å². The van der Waals surface area contributed by atoms with Crippen LogP contribution >= 0.6 is 0 Å². The summed E-state index contributed by atoms with van der Waals surface area (Å²) in [5, 5.41) is 5.32. The van der Waals surface area contributed by atoms with Gasteiger partial charge in [-0.3, -0.25) is 9.59 Å². The quantitative estimate of drug-likeness (QED) is 0.684. The van der Waals surface area contributed by atoms with E-state index < -0.39 is 0 Å². The number of hydrogen-bond donors (Lipinski definition) is 2. The van der Waals surface area contributed by atoms with Crippen LogP contribution in [0.2, 0.25) is 0 Å². The van der Waals surface area contributed by atoms with Crippen molar-refractivity contribution in [1.82, 2.24) is 5.32 Å². The van der Waals surface area contributed by atoms with E-state index in [0.29, 0.717) is 22.9 Å². The maximum absolute atomic E-state index is 11.7. The van der Waals surface area contributed by atoms with Gasteiger partial charge in [-0.2, -0.15) is 0 Å². The molecule has 28 heavy (non-hydrogen) atoms. The first-order chi connectivity index (χ1) is 13.6. The molecule has 0 aliphatic heterocycles. The third kappa shape index (κ3) is 7.70. The van der Waals surface area contributed by atoms with E-state index in [0.717, 1.165) is 0 Å². The number of ether oxygens (including phenoxy) is 3. The lowest BCUT2D eigenvalue weighted by atomic mass is 10.3. The molecule has 0 saturated carbocycles. The van der Waals surface area contributed by atoms with Crippen LogP contribution in [0.5, 0.6) is 17.2 Å². The Balaban J connectivity index is 1.66. The Hall–Kier alpha value is -3.66. The Morgan fingerprint density at radius 2 is 1.68 bits per heavy atom. The lowest BCUT2D eigenvalue weighted by Gasteiger charge is -2.07. The number of benzene rings is 2. The van der Waals surface area contributed by atoms with Gasteiger partial charge in [-0.1, -0.05) is 24.0 Å². The van der Waals surface area contributed by atoms with E-state index in [4.69, 9.17) is 14.2 Å². The third-order valence-corrected chi connectivity index (χ3v) is 3.38. The maximum atomic E-state index is 11.7. The first-order valence-electron chi connectivity index (χ1n) is 8.56. The van der Waals surface area contributed by atoms with Crippen molar-refractivity contribution in [2.45, 2.75) is 6.92 Å². The second-order valence-corrected chi connectivity index (χ2v) is 5.60. The molecule has 0 heterocycles. The molecule has 0 bridgehead atoms. The van der Waals surface area contributed by atoms with Crippen molar-refractivity contribution in [2.75, 3.05) is 32.2 Å². The molecule has 2 N–H and O–H groups in total. The minimum absolute atomic E-state index is 0.110. The van der Waals surface area contributed by atoms with Crippen LogP contribution in [0.25, 0.3) is 0 Å². The average molecular weight is 382 g/mol. The lowest BCUT2D eigenvalue weighted by molar-refractivity contribution is -0.122. The first-order valence-corrected chi connectivity index (χ1v) is 8.56. The molecule has 0 aliphatic carbocycles. The Bertz CT molecular complexity index is 870. The fourth-order valence-corrected chi connectivity index (χ4v) is 2.13. The predicted octanol–water partition coefficient (Wildman–Crippen LogP) is 2.23. The largest absolute Gasteiger partial charge is 0.497 e. The molecule has 2 aromatic carbocycles. The summed E-state index contributed by atoms with van der Waals surface area (Å²) in [4.78, 5) is 22.8. The van der Waals surface area contributed by atoms with Crippen LogP contribution in [0.15, 0.2) is 48.5 Å². The second-order valence-electron chi connectivity index (χ2n) is 5.60. The number of carbonyl (C=O) groups is 2. The van der Waals surface area contributed by atoms with E-state index in [2.05, 4.69) is 22.5 Å². The molecule has 2 amide bonds. The highest BCUT2D eigenvalue weighted by molar-refractivity contribution is 5.88. The topological polar surface area (TPSA) is 85.9 Å². The molecule has 0 radical (unpaired) electrons. The Labute approximate surface area is 164 Å². The van der Waals surface area contributed by atoms with Gasteiger partial charge < -0.3 is 24.8 Å². The van der Waals surface area contributed by atoms with Crippen LogP contribution in [0, 0.1) is 11.8 Å². The van der Waals surface area contributed by atoms with Crippen molar-refractivity contribution >= 4 is 17.5 Å². The number of rotatable bonds is 8. The minimum atomic E-state index is -0.277. The van der Waals surface area contributed by atoms with Gasteiger partial charge in [0.25, 0.3) is 5.91 Å². The van der Waals surface area contributed by atoms with Crippen molar-refractivity contribution in [1.29, 1.82) is 0 Å². The maximum Gasteiger partial charge on any atom is 0.258 e. The van der Waals surface area contributed by atoms with Gasteiger partial charge in [-0.15, -0.1) is 0 Å². The molecule has 2 aromatic rings. The van der Waals surface area contributed by atoms with Crippen LogP contribution < -0.4 is 24.8 Å². The SMILES string of the molecule is COc1cccc(OCC(=O)NCC#CCOc2cccc(NC(C)=O)c2)c1. The van der Waals surface area contributed by atoms with Gasteiger partial charge in [-0.05, 0) is 24.3 Å². The normalized spacial score (nSPS) is 9.50. The monoisotopic (exact) mass is 382 g/mol. The number of methoxy groups -OCH3 is 1. The van der Waals surface area contributed by atoms with E-state index in [9.17, 15) is 9.59 Å². The summed E-state index contributed by atoms with van der Waals surface area (Å²) in [5.41, 5.74) is 0.654. The van der Waals surface area contributed by atoms with Gasteiger partial charge >= 0.3 is 0 Å². The van der Waals surface area contributed by atoms with E-state index in [1.807, 2.05) is 0 Å². The molecule has 0 fully saturated rings. The highest BCUT2D eigenvalue weighted by Crippen LogP contribution is 2.18. The summed E-state index contributed by atoms with van der Waals surface area (Å²) in [6.45, 7) is 1.69. The van der Waals surface area contributed by atoms with Gasteiger partial charge in [0, 0.05) is 24.7 Å². The number of anilines is 1. The van der Waals surface area contributed by atoms with Crippen molar-refractivity contribution in [2.24, 2.45) is 0 Å². The first kappa shape index (κ1) is 20.6. The highest BCUT2D eigenvalue weighted by Gasteiger charge is 2.02. The summed E-state index contributed by atoms with van der Waals surface area (Å²) in [5.74, 6) is 6.98. The van der Waals surface area contributed by atoms with Gasteiger partial charge in [0.05, 0.1) is 13.7 Å². The van der Waals surface area contributed by atoms with Gasteiger partial charge in [0.2, 0.25) is 5.91 Å². The van der Waals surface area contributed by atoms with E-state index in [1.54, 1.807) is 55.6 Å². The minimum Gasteiger partial charge on any atom is -0.497 e. The van der Waals surface area contributed by atoms with Crippen LogP contribution in [0.1, 0.15) is 6.92 Å². The number of amides is 2. The standard InChI is InChI=1S/C21H22N2O5/c1-16(24)23-17-7-5-9-19(13-17)27-12-4-3-11-22-21(25)15-28-20-10-6-8-18(14-20)26-2/h5-10,13-14H,11-12,15H2,1-2H3,(H,22,25)(H,23,24). The van der Waals surface area contributed by atoms with Crippen LogP contribution in [0.3, 0.4) is 0 Å². The van der Waals surface area contributed by atoms with Crippen LogP contribution in [-0.4, -0.2) is 38.7 Å². The van der Waals surface area contributed by atoms with Crippen LogP contribution in [-0.2, 0) is 9.59 Å². The molecule has 0 unspecified atom stereocenters. The molecule has 0 spiro atoms. The summed E-state index contributed by atoms with van der Waals surface area (Å²) in [7, 11) is 1.56. The summed E-state index contributed by atoms with van der Waals surface area (Å²) < 4.78 is 16.0. The summed E-state index contributed by atoms with van der Waals surface area (Å²) >= 11 is 0. The van der Waals surface area contributed by atoms with E-state index in [1.165, 1.54) is 6.92 Å². The third-order valence-electron chi connectivity index (χ3n) is 3.38. The smallest absolute Gasteiger partial charge is 0.258 e. The highest BCUT2D eigenvalue weighted by atomic mass is 16.5. The molecule has 7 nitrogen and oxygen atoms in total. The van der Waals surface area contributed by atoms with Gasteiger partial charge in [-0.25, -0.2) is 0 Å². The molecule has 0 aliphatic rings. The lowest BCUT2D eigenvalue weighted by Crippen LogP contribution is -2.29.